The summed E-state index contributed by atoms with van der Waals surface area (Å²) in [4.78, 5) is 14.6. The van der Waals surface area contributed by atoms with Crippen molar-refractivity contribution in [2.45, 2.75) is 26.8 Å². The summed E-state index contributed by atoms with van der Waals surface area (Å²) >= 11 is 0. The normalized spacial score (nSPS) is 12.5. The molecule has 0 saturated carbocycles. The van der Waals surface area contributed by atoms with Crippen LogP contribution in [0.5, 0.6) is 0 Å². The lowest BCUT2D eigenvalue weighted by atomic mass is 10.1. The van der Waals surface area contributed by atoms with Gasteiger partial charge >= 0.3 is 0 Å². The van der Waals surface area contributed by atoms with E-state index in [4.69, 9.17) is 4.74 Å². The Kier molecular flexibility index (Phi) is 5.03. The predicted octanol–water partition coefficient (Wildman–Crippen LogP) is 2.38. The summed E-state index contributed by atoms with van der Waals surface area (Å²) in [5.74, 6) is 0.843. The summed E-state index contributed by atoms with van der Waals surface area (Å²) in [5.41, 5.74) is 0.630. The fraction of sp³-hybridized carbons (Fsp3) is 0.583. The summed E-state index contributed by atoms with van der Waals surface area (Å²) < 4.78 is 5.11. The topological polar surface area (TPSA) is 77.3 Å². The molecule has 0 amide bonds. The molecule has 1 unspecified atom stereocenters. The summed E-state index contributed by atoms with van der Waals surface area (Å²) in [6.07, 6.45) is 1.50. The lowest BCUT2D eigenvalue weighted by molar-refractivity contribution is -0.385. The highest BCUT2D eigenvalue weighted by atomic mass is 16.6. The van der Waals surface area contributed by atoms with Gasteiger partial charge in [0.1, 0.15) is 5.82 Å². The number of aromatic nitrogens is 1. The van der Waals surface area contributed by atoms with Crippen molar-refractivity contribution >= 4 is 11.5 Å². The number of nitrogens with zero attached hydrogens (tertiary/aromatic N) is 2. The van der Waals surface area contributed by atoms with Gasteiger partial charge in [-0.15, -0.1) is 0 Å². The Hall–Kier alpha value is -1.69. The van der Waals surface area contributed by atoms with E-state index < -0.39 is 4.92 Å². The molecule has 1 rings (SSSR count). The first kappa shape index (κ1) is 14.4. The lowest BCUT2D eigenvalue weighted by Crippen LogP contribution is -2.30. The first-order valence-corrected chi connectivity index (χ1v) is 5.82. The molecule has 1 N–H and O–H groups in total. The minimum Gasteiger partial charge on any atom is -0.383 e. The highest BCUT2D eigenvalue weighted by Crippen LogP contribution is 2.21. The summed E-state index contributed by atoms with van der Waals surface area (Å²) in [7, 11) is 1.63. The van der Waals surface area contributed by atoms with Crippen LogP contribution >= 0.6 is 0 Å². The van der Waals surface area contributed by atoms with E-state index in [1.165, 1.54) is 12.3 Å². The standard InChI is InChI=1S/C12H19N3O3/c1-8(2)10(7-18-4)14-12-5-11(15(16)17)9(3)6-13-12/h5-6,8,10H,7H2,1-4H3,(H,13,14). The minimum atomic E-state index is -0.400. The number of pyridine rings is 1. The number of aryl methyl sites for hydroxylation is 1. The second kappa shape index (κ2) is 6.30. The molecule has 1 aromatic heterocycles. The zero-order valence-corrected chi connectivity index (χ0v) is 11.1. The average Bonchev–Trinajstić information content (AvgIpc) is 2.30. The van der Waals surface area contributed by atoms with Crippen LogP contribution < -0.4 is 5.32 Å². The van der Waals surface area contributed by atoms with Gasteiger partial charge in [-0.25, -0.2) is 4.98 Å². The van der Waals surface area contributed by atoms with Crippen LogP contribution in [0.3, 0.4) is 0 Å². The van der Waals surface area contributed by atoms with Crippen molar-refractivity contribution in [3.63, 3.8) is 0 Å². The smallest absolute Gasteiger partial charge is 0.277 e. The highest BCUT2D eigenvalue weighted by molar-refractivity contribution is 5.49. The number of rotatable bonds is 6. The number of hydrogen-bond donors (Lipinski definition) is 1. The predicted molar refractivity (Wildman–Crippen MR) is 69.8 cm³/mol. The van der Waals surface area contributed by atoms with Crippen LogP contribution in [0.25, 0.3) is 0 Å². The first-order chi connectivity index (χ1) is 8.45. The highest BCUT2D eigenvalue weighted by Gasteiger charge is 2.16. The molecular formula is C12H19N3O3. The van der Waals surface area contributed by atoms with Gasteiger partial charge in [0.25, 0.3) is 5.69 Å². The largest absolute Gasteiger partial charge is 0.383 e. The van der Waals surface area contributed by atoms with E-state index >= 15 is 0 Å². The summed E-state index contributed by atoms with van der Waals surface area (Å²) in [6, 6.07) is 1.53. The molecule has 1 atom stereocenters. The van der Waals surface area contributed by atoms with E-state index in [1.54, 1.807) is 14.0 Å². The van der Waals surface area contributed by atoms with Gasteiger partial charge in [0.05, 0.1) is 23.6 Å². The number of nitrogens with one attached hydrogen (secondary N) is 1. The van der Waals surface area contributed by atoms with Gasteiger partial charge in [-0.1, -0.05) is 13.8 Å². The van der Waals surface area contributed by atoms with Gasteiger partial charge < -0.3 is 10.1 Å². The van der Waals surface area contributed by atoms with Gasteiger partial charge in [-0.05, 0) is 12.8 Å². The van der Waals surface area contributed by atoms with Crippen LogP contribution in [0.1, 0.15) is 19.4 Å². The zero-order valence-electron chi connectivity index (χ0n) is 11.1. The number of ether oxygens (including phenoxy) is 1. The van der Waals surface area contributed by atoms with Gasteiger partial charge in [-0.2, -0.15) is 0 Å². The van der Waals surface area contributed by atoms with Crippen molar-refractivity contribution < 1.29 is 9.66 Å². The van der Waals surface area contributed by atoms with Crippen LogP contribution in [-0.4, -0.2) is 29.7 Å². The Morgan fingerprint density at radius 3 is 2.72 bits per heavy atom. The molecule has 0 fully saturated rings. The molecule has 0 radical (unpaired) electrons. The molecular weight excluding hydrogens is 234 g/mol. The molecule has 0 aromatic carbocycles. The Balaban J connectivity index is 2.89. The third-order valence-corrected chi connectivity index (χ3v) is 2.76. The summed E-state index contributed by atoms with van der Waals surface area (Å²) in [5, 5.41) is 14.0. The van der Waals surface area contributed by atoms with Crippen LogP contribution in [0.4, 0.5) is 11.5 Å². The van der Waals surface area contributed by atoms with Crippen molar-refractivity contribution in [1.82, 2.24) is 4.98 Å². The summed E-state index contributed by atoms with van der Waals surface area (Å²) in [6.45, 7) is 6.31. The van der Waals surface area contributed by atoms with Gasteiger partial charge in [0.2, 0.25) is 0 Å². The molecule has 0 aliphatic heterocycles. The monoisotopic (exact) mass is 253 g/mol. The molecule has 0 bridgehead atoms. The zero-order chi connectivity index (χ0) is 13.7. The number of anilines is 1. The van der Waals surface area contributed by atoms with Crippen molar-refractivity contribution in [2.24, 2.45) is 5.92 Å². The Morgan fingerprint density at radius 2 is 2.22 bits per heavy atom. The quantitative estimate of drug-likeness (QED) is 0.622. The number of methoxy groups -OCH3 is 1. The minimum absolute atomic E-state index is 0.0739. The van der Waals surface area contributed by atoms with Crippen molar-refractivity contribution in [3.05, 3.63) is 27.9 Å². The molecule has 0 aliphatic rings. The Bertz CT molecular complexity index is 421. The number of nitro groups is 1. The lowest BCUT2D eigenvalue weighted by Gasteiger charge is -2.22. The fourth-order valence-corrected chi connectivity index (χ4v) is 1.56. The molecule has 0 spiro atoms. The van der Waals surface area contributed by atoms with Gasteiger partial charge in [0.15, 0.2) is 0 Å². The molecule has 1 heterocycles. The maximum atomic E-state index is 10.8. The first-order valence-electron chi connectivity index (χ1n) is 5.82. The van der Waals surface area contributed by atoms with E-state index in [0.29, 0.717) is 23.9 Å². The van der Waals surface area contributed by atoms with Crippen LogP contribution in [0.2, 0.25) is 0 Å². The van der Waals surface area contributed by atoms with E-state index in [0.717, 1.165) is 0 Å². The fourth-order valence-electron chi connectivity index (χ4n) is 1.56. The van der Waals surface area contributed by atoms with E-state index in [-0.39, 0.29) is 11.7 Å². The molecule has 0 aliphatic carbocycles. The molecule has 6 heteroatoms. The third kappa shape index (κ3) is 3.66. The van der Waals surface area contributed by atoms with E-state index in [2.05, 4.69) is 24.1 Å². The molecule has 0 saturated heterocycles. The average molecular weight is 253 g/mol. The van der Waals surface area contributed by atoms with Crippen molar-refractivity contribution in [2.75, 3.05) is 19.0 Å². The third-order valence-electron chi connectivity index (χ3n) is 2.76. The molecule has 1 aromatic rings. The van der Waals surface area contributed by atoms with Crippen LogP contribution in [0, 0.1) is 23.0 Å². The SMILES string of the molecule is COCC(Nc1cc([N+](=O)[O-])c(C)cn1)C(C)C. The molecule has 6 nitrogen and oxygen atoms in total. The molecule has 18 heavy (non-hydrogen) atoms. The second-order valence-corrected chi connectivity index (χ2v) is 4.56. The maximum absolute atomic E-state index is 10.8. The van der Waals surface area contributed by atoms with E-state index in [9.17, 15) is 10.1 Å². The van der Waals surface area contributed by atoms with Gasteiger partial charge in [-0.3, -0.25) is 10.1 Å². The molecule has 100 valence electrons. The number of hydrogen-bond acceptors (Lipinski definition) is 5. The van der Waals surface area contributed by atoms with Crippen molar-refractivity contribution in [1.29, 1.82) is 0 Å². The maximum Gasteiger partial charge on any atom is 0.277 e. The Labute approximate surface area is 107 Å². The van der Waals surface area contributed by atoms with Gasteiger partial charge in [0, 0.05) is 18.9 Å². The van der Waals surface area contributed by atoms with E-state index in [1.807, 2.05) is 0 Å². The second-order valence-electron chi connectivity index (χ2n) is 4.56. The van der Waals surface area contributed by atoms with Crippen LogP contribution in [-0.2, 0) is 4.74 Å². The van der Waals surface area contributed by atoms with Crippen molar-refractivity contribution in [3.8, 4) is 0 Å². The Morgan fingerprint density at radius 1 is 1.56 bits per heavy atom. The van der Waals surface area contributed by atoms with Crippen LogP contribution in [0.15, 0.2) is 12.3 Å².